The van der Waals surface area contributed by atoms with Gasteiger partial charge in [0, 0.05) is 36.6 Å². The van der Waals surface area contributed by atoms with Gasteiger partial charge in [0.15, 0.2) is 0 Å². The maximum Gasteiger partial charge on any atom is 1.00 e. The fourth-order valence-electron chi connectivity index (χ4n) is 2.68. The van der Waals surface area contributed by atoms with E-state index in [1.165, 1.54) is 17.0 Å². The largest absolute Gasteiger partial charge is 1.00 e. The van der Waals surface area contributed by atoms with E-state index >= 15 is 0 Å². The zero-order valence-electron chi connectivity index (χ0n) is 13.8. The van der Waals surface area contributed by atoms with Gasteiger partial charge in [-0.2, -0.15) is 0 Å². The Bertz CT molecular complexity index is 693. The van der Waals surface area contributed by atoms with Crippen molar-refractivity contribution in [1.82, 2.24) is 4.90 Å². The molecular weight excluding hydrogens is 342 g/mol. The minimum absolute atomic E-state index is 0. The number of nitrogens with zero attached hydrogens (tertiary/aromatic N) is 1. The Labute approximate surface area is 165 Å². The molecule has 2 atom stereocenters. The van der Waals surface area contributed by atoms with Crippen LogP contribution in [0.4, 0.5) is 10.1 Å². The van der Waals surface area contributed by atoms with E-state index in [0.29, 0.717) is 26.3 Å². The number of morpholine rings is 1. The quantitative estimate of drug-likeness (QED) is 0.567. The number of amides is 2. The van der Waals surface area contributed by atoms with Crippen LogP contribution < -0.4 is 40.0 Å². The molecule has 128 valence electrons. The van der Waals surface area contributed by atoms with Gasteiger partial charge in [0.2, 0.25) is 5.91 Å². The number of ether oxygens (including phenoxy) is 1. The fourth-order valence-corrected chi connectivity index (χ4v) is 2.68. The fraction of sp³-hybridized carbons (Fsp3) is 0.438. The van der Waals surface area contributed by atoms with E-state index in [4.69, 9.17) is 4.74 Å². The number of carbonyl (C=O) groups is 3. The van der Waals surface area contributed by atoms with Crippen molar-refractivity contribution in [3.63, 3.8) is 0 Å². The van der Waals surface area contributed by atoms with Gasteiger partial charge in [-0.1, -0.05) is 0 Å². The van der Waals surface area contributed by atoms with Gasteiger partial charge in [0.1, 0.15) is 5.82 Å². The predicted octanol–water partition coefficient (Wildman–Crippen LogP) is -3.37. The number of benzene rings is 1. The molecule has 9 heteroatoms. The molecule has 1 heterocycles. The SMILES string of the molecule is O=C(Nc1ccc(C(=O)N2CCOCC2)c(F)c1)[C@H]1C[C@H]1C(=O)[O-].[Na+]. The van der Waals surface area contributed by atoms with Crippen molar-refractivity contribution in [2.24, 2.45) is 11.8 Å². The molecule has 1 N–H and O–H groups in total. The minimum atomic E-state index is -1.26. The van der Waals surface area contributed by atoms with Crippen molar-refractivity contribution in [1.29, 1.82) is 0 Å². The summed E-state index contributed by atoms with van der Waals surface area (Å²) in [6.45, 7) is 1.65. The predicted molar refractivity (Wildman–Crippen MR) is 78.4 cm³/mol. The first kappa shape index (κ1) is 19.8. The number of carbonyl (C=O) groups excluding carboxylic acids is 3. The second kappa shape index (κ2) is 8.27. The van der Waals surface area contributed by atoms with Crippen LogP contribution in [0.2, 0.25) is 0 Å². The molecule has 1 aliphatic carbocycles. The molecule has 2 aliphatic rings. The summed E-state index contributed by atoms with van der Waals surface area (Å²) in [5.74, 6) is -4.34. The third kappa shape index (κ3) is 4.58. The zero-order chi connectivity index (χ0) is 17.3. The molecule has 0 radical (unpaired) electrons. The first-order valence-corrected chi connectivity index (χ1v) is 7.65. The first-order valence-electron chi connectivity index (χ1n) is 7.65. The molecule has 0 aromatic heterocycles. The smallest absolute Gasteiger partial charge is 0.550 e. The average Bonchev–Trinajstić information content (AvgIpc) is 3.36. The average molecular weight is 358 g/mol. The third-order valence-electron chi connectivity index (χ3n) is 4.20. The second-order valence-corrected chi connectivity index (χ2v) is 5.86. The van der Waals surface area contributed by atoms with Crippen LogP contribution in [0.3, 0.4) is 0 Å². The van der Waals surface area contributed by atoms with Crippen LogP contribution in [0.15, 0.2) is 18.2 Å². The van der Waals surface area contributed by atoms with Crippen molar-refractivity contribution in [2.75, 3.05) is 31.6 Å². The van der Waals surface area contributed by atoms with Gasteiger partial charge < -0.3 is 24.9 Å². The summed E-state index contributed by atoms with van der Waals surface area (Å²) in [6.07, 6.45) is 0.226. The first-order chi connectivity index (χ1) is 11.5. The Hall–Kier alpha value is -1.48. The maximum absolute atomic E-state index is 14.2. The van der Waals surface area contributed by atoms with E-state index in [9.17, 15) is 23.9 Å². The Morgan fingerprint density at radius 2 is 1.88 bits per heavy atom. The summed E-state index contributed by atoms with van der Waals surface area (Å²) in [5, 5.41) is 13.1. The molecular formula is C16H16FN2NaO5. The standard InChI is InChI=1S/C16H17FN2O5.Na/c17-13-7-9(18-14(20)11-8-12(11)16(22)23)1-2-10(13)15(21)19-3-5-24-6-4-19;/h1-2,7,11-12H,3-6,8H2,(H,18,20)(H,22,23);/q;+1/p-1/t11-,12+;/m0./s1. The second-order valence-electron chi connectivity index (χ2n) is 5.86. The molecule has 1 saturated heterocycles. The summed E-state index contributed by atoms with van der Waals surface area (Å²) in [5.41, 5.74) is 0.106. The van der Waals surface area contributed by atoms with Crippen molar-refractivity contribution in [2.45, 2.75) is 6.42 Å². The van der Waals surface area contributed by atoms with E-state index in [2.05, 4.69) is 5.32 Å². The van der Waals surface area contributed by atoms with Crippen molar-refractivity contribution in [3.8, 4) is 0 Å². The number of aliphatic carboxylic acids is 1. The molecule has 0 unspecified atom stereocenters. The normalized spacial score (nSPS) is 21.9. The number of halogens is 1. The van der Waals surface area contributed by atoms with Gasteiger partial charge in [-0.15, -0.1) is 0 Å². The number of nitrogens with one attached hydrogen (secondary N) is 1. The Kier molecular flexibility index (Phi) is 6.56. The number of hydrogen-bond acceptors (Lipinski definition) is 5. The number of carboxylic acid groups (broad SMARTS) is 1. The Morgan fingerprint density at radius 1 is 1.20 bits per heavy atom. The monoisotopic (exact) mass is 358 g/mol. The van der Waals surface area contributed by atoms with Gasteiger partial charge in [-0.25, -0.2) is 4.39 Å². The number of carboxylic acids is 1. The van der Waals surface area contributed by atoms with E-state index in [-0.39, 0.29) is 47.2 Å². The van der Waals surface area contributed by atoms with Crippen molar-refractivity contribution in [3.05, 3.63) is 29.6 Å². The van der Waals surface area contributed by atoms with Crippen molar-refractivity contribution >= 4 is 23.5 Å². The van der Waals surface area contributed by atoms with Crippen LogP contribution >= 0.6 is 0 Å². The molecule has 1 aliphatic heterocycles. The topological polar surface area (TPSA) is 98.8 Å². The summed E-state index contributed by atoms with van der Waals surface area (Å²) in [7, 11) is 0. The van der Waals surface area contributed by atoms with Crippen LogP contribution in [0.1, 0.15) is 16.8 Å². The molecule has 7 nitrogen and oxygen atoms in total. The Morgan fingerprint density at radius 3 is 2.44 bits per heavy atom. The van der Waals surface area contributed by atoms with Crippen LogP contribution in [0.25, 0.3) is 0 Å². The molecule has 3 rings (SSSR count). The van der Waals surface area contributed by atoms with Gasteiger partial charge in [-0.05, 0) is 24.6 Å². The summed E-state index contributed by atoms with van der Waals surface area (Å²) < 4.78 is 19.3. The maximum atomic E-state index is 14.2. The van der Waals surface area contributed by atoms with Crippen LogP contribution in [-0.2, 0) is 14.3 Å². The van der Waals surface area contributed by atoms with Crippen LogP contribution in [0.5, 0.6) is 0 Å². The molecule has 2 fully saturated rings. The number of hydrogen-bond donors (Lipinski definition) is 1. The van der Waals surface area contributed by atoms with E-state index in [1.807, 2.05) is 0 Å². The third-order valence-corrected chi connectivity index (χ3v) is 4.20. The Balaban J connectivity index is 0.00000225. The van der Waals surface area contributed by atoms with Gasteiger partial charge in [-0.3, -0.25) is 9.59 Å². The minimum Gasteiger partial charge on any atom is -0.550 e. The van der Waals surface area contributed by atoms with Gasteiger partial charge in [0.25, 0.3) is 5.91 Å². The molecule has 1 aromatic rings. The molecule has 2 amide bonds. The van der Waals surface area contributed by atoms with E-state index < -0.39 is 35.4 Å². The molecule has 1 aromatic carbocycles. The number of rotatable bonds is 4. The van der Waals surface area contributed by atoms with Gasteiger partial charge in [0.05, 0.1) is 18.8 Å². The molecule has 1 saturated carbocycles. The van der Waals surface area contributed by atoms with Crippen LogP contribution in [-0.4, -0.2) is 49.0 Å². The summed E-state index contributed by atoms with van der Waals surface area (Å²) in [6, 6.07) is 3.79. The van der Waals surface area contributed by atoms with Crippen molar-refractivity contribution < 1.29 is 58.2 Å². The van der Waals surface area contributed by atoms with E-state index in [0.717, 1.165) is 6.07 Å². The van der Waals surface area contributed by atoms with Crippen LogP contribution in [0, 0.1) is 17.7 Å². The summed E-state index contributed by atoms with van der Waals surface area (Å²) >= 11 is 0. The molecule has 25 heavy (non-hydrogen) atoms. The molecule has 0 bridgehead atoms. The van der Waals surface area contributed by atoms with Gasteiger partial charge >= 0.3 is 29.6 Å². The summed E-state index contributed by atoms with van der Waals surface area (Å²) in [4.78, 5) is 36.3. The number of anilines is 1. The molecule has 0 spiro atoms. The van der Waals surface area contributed by atoms with E-state index in [1.54, 1.807) is 0 Å². The zero-order valence-corrected chi connectivity index (χ0v) is 15.8.